The fourth-order valence-electron chi connectivity index (χ4n) is 1.88. The molecule has 1 saturated heterocycles. The topological polar surface area (TPSA) is 32.8 Å². The average Bonchev–Trinajstić information content (AvgIpc) is 2.55. The molecule has 0 N–H and O–H groups in total. The first-order valence-corrected chi connectivity index (χ1v) is 5.65. The van der Waals surface area contributed by atoms with Gasteiger partial charge in [0, 0.05) is 13.6 Å². The van der Waals surface area contributed by atoms with Gasteiger partial charge in [0.1, 0.15) is 0 Å². The summed E-state index contributed by atoms with van der Waals surface area (Å²) in [7, 11) is 1.92. The van der Waals surface area contributed by atoms with Gasteiger partial charge in [0.2, 0.25) is 6.10 Å². The number of hydrogen-bond acceptors (Lipinski definition) is 4. The van der Waals surface area contributed by atoms with E-state index >= 15 is 0 Å². The first-order valence-electron chi connectivity index (χ1n) is 5.24. The second-order valence-corrected chi connectivity index (χ2v) is 4.12. The van der Waals surface area contributed by atoms with Crippen LogP contribution in [0.25, 0.3) is 0 Å². The monoisotopic (exact) mass is 238 g/mol. The minimum Gasteiger partial charge on any atom is -0.455 e. The van der Waals surface area contributed by atoms with Crippen LogP contribution in [0.1, 0.15) is 6.92 Å². The van der Waals surface area contributed by atoms with Gasteiger partial charge in [-0.2, -0.15) is 0 Å². The molecule has 0 radical (unpaired) electrons. The molecule has 1 fully saturated rings. The number of likely N-dealkylation sites (N-methyl/N-ethyl adjacent to an activating group) is 2. The fraction of sp³-hybridized carbons (Fsp3) is 0.455. The summed E-state index contributed by atoms with van der Waals surface area (Å²) < 4.78 is 5.47. The number of allylic oxidation sites excluding steroid dienone is 2. The highest BCUT2D eigenvalue weighted by atomic mass is 32.1. The third kappa shape index (κ3) is 1.71. The zero-order valence-electron chi connectivity index (χ0n) is 9.29. The molecule has 86 valence electrons. The van der Waals surface area contributed by atoms with E-state index in [1.54, 1.807) is 0 Å². The molecular weight excluding hydrogens is 224 g/mol. The van der Waals surface area contributed by atoms with Crippen LogP contribution in [0, 0.1) is 0 Å². The summed E-state index contributed by atoms with van der Waals surface area (Å²) in [5.74, 6) is -0.0516. The molecule has 2 aliphatic rings. The first kappa shape index (κ1) is 11.1. The molecule has 2 heterocycles. The van der Waals surface area contributed by atoms with E-state index in [2.05, 4.69) is 0 Å². The predicted molar refractivity (Wildman–Crippen MR) is 64.7 cm³/mol. The van der Waals surface area contributed by atoms with E-state index in [0.717, 1.165) is 0 Å². The normalized spacial score (nSPS) is 28.9. The lowest BCUT2D eigenvalue weighted by molar-refractivity contribution is -0.130. The van der Waals surface area contributed by atoms with Crippen LogP contribution in [0.4, 0.5) is 0 Å². The van der Waals surface area contributed by atoms with E-state index in [9.17, 15) is 4.79 Å². The van der Waals surface area contributed by atoms with Crippen LogP contribution in [0.3, 0.4) is 0 Å². The molecule has 2 rings (SSSR count). The number of amides is 1. The van der Waals surface area contributed by atoms with Crippen molar-refractivity contribution in [1.29, 1.82) is 0 Å². The number of ether oxygens (including phenoxy) is 1. The van der Waals surface area contributed by atoms with E-state index in [-0.39, 0.29) is 17.1 Å². The Morgan fingerprint density at radius 3 is 2.81 bits per heavy atom. The highest BCUT2D eigenvalue weighted by Crippen LogP contribution is 2.21. The summed E-state index contributed by atoms with van der Waals surface area (Å²) in [6.07, 6.45) is 7.19. The van der Waals surface area contributed by atoms with Crippen molar-refractivity contribution in [2.75, 3.05) is 13.6 Å². The van der Waals surface area contributed by atoms with Crippen LogP contribution >= 0.6 is 12.2 Å². The Balaban J connectivity index is 2.17. The van der Waals surface area contributed by atoms with Crippen molar-refractivity contribution in [3.63, 3.8) is 0 Å². The molecule has 0 aromatic rings. The van der Waals surface area contributed by atoms with Crippen molar-refractivity contribution < 1.29 is 9.53 Å². The molecule has 0 aliphatic carbocycles. The van der Waals surface area contributed by atoms with Crippen molar-refractivity contribution >= 4 is 23.3 Å². The highest BCUT2D eigenvalue weighted by Gasteiger charge is 2.42. The van der Waals surface area contributed by atoms with E-state index in [0.29, 0.717) is 6.54 Å². The van der Waals surface area contributed by atoms with E-state index in [1.807, 2.05) is 43.3 Å². The molecule has 0 aromatic heterocycles. The number of hydrogen-bond donors (Lipinski definition) is 0. The summed E-state index contributed by atoms with van der Waals surface area (Å²) in [4.78, 5) is 15.5. The SMILES string of the molecule is CCN1C(=O)C(C2C=CC=CN2C)OC1=S. The van der Waals surface area contributed by atoms with Gasteiger partial charge in [0.15, 0.2) is 0 Å². The zero-order valence-corrected chi connectivity index (χ0v) is 10.1. The van der Waals surface area contributed by atoms with E-state index < -0.39 is 6.10 Å². The lowest BCUT2D eigenvalue weighted by Gasteiger charge is -2.28. The molecule has 2 atom stereocenters. The molecule has 5 heteroatoms. The van der Waals surface area contributed by atoms with Gasteiger partial charge in [-0.1, -0.05) is 12.2 Å². The first-order chi connectivity index (χ1) is 7.65. The summed E-state index contributed by atoms with van der Waals surface area (Å²) in [5.41, 5.74) is 0. The molecule has 4 nitrogen and oxygen atoms in total. The molecule has 0 spiro atoms. The quantitative estimate of drug-likeness (QED) is 0.669. The van der Waals surface area contributed by atoms with Crippen molar-refractivity contribution in [2.45, 2.75) is 19.1 Å². The van der Waals surface area contributed by atoms with Crippen LogP contribution in [0.2, 0.25) is 0 Å². The minimum atomic E-state index is -0.515. The zero-order chi connectivity index (χ0) is 11.7. The largest absolute Gasteiger partial charge is 0.455 e. The molecule has 2 aliphatic heterocycles. The second kappa shape index (κ2) is 4.25. The van der Waals surface area contributed by atoms with Crippen LogP contribution in [-0.4, -0.2) is 46.6 Å². The van der Waals surface area contributed by atoms with Crippen LogP contribution in [-0.2, 0) is 9.53 Å². The Labute approximate surface area is 100 Å². The summed E-state index contributed by atoms with van der Waals surface area (Å²) in [5, 5.41) is 0.286. The Bertz CT molecular complexity index is 378. The molecule has 0 bridgehead atoms. The third-order valence-corrected chi connectivity index (χ3v) is 3.11. The van der Waals surface area contributed by atoms with Gasteiger partial charge in [-0.05, 0) is 31.4 Å². The van der Waals surface area contributed by atoms with E-state index in [1.165, 1.54) is 4.90 Å². The highest BCUT2D eigenvalue weighted by molar-refractivity contribution is 7.80. The summed E-state index contributed by atoms with van der Waals surface area (Å²) in [6.45, 7) is 2.44. The van der Waals surface area contributed by atoms with Crippen molar-refractivity contribution in [3.05, 3.63) is 24.4 Å². The third-order valence-electron chi connectivity index (χ3n) is 2.79. The molecule has 0 saturated carbocycles. The number of thiocarbonyl (C=S) groups is 1. The van der Waals surface area contributed by atoms with Crippen molar-refractivity contribution in [1.82, 2.24) is 9.80 Å². The molecule has 0 aromatic carbocycles. The van der Waals surface area contributed by atoms with Crippen molar-refractivity contribution in [3.8, 4) is 0 Å². The molecule has 1 amide bonds. The number of rotatable bonds is 2. The summed E-state index contributed by atoms with van der Waals surface area (Å²) >= 11 is 5.02. The Hall–Kier alpha value is -1.36. The maximum atomic E-state index is 12.0. The smallest absolute Gasteiger partial charge is 0.273 e. The molecule has 16 heavy (non-hydrogen) atoms. The van der Waals surface area contributed by atoms with Gasteiger partial charge in [-0.3, -0.25) is 9.69 Å². The maximum Gasteiger partial charge on any atom is 0.273 e. The van der Waals surface area contributed by atoms with Crippen LogP contribution in [0.5, 0.6) is 0 Å². The van der Waals surface area contributed by atoms with Gasteiger partial charge < -0.3 is 9.64 Å². The van der Waals surface area contributed by atoms with Crippen LogP contribution < -0.4 is 0 Å². The minimum absolute atomic E-state index is 0.0516. The summed E-state index contributed by atoms with van der Waals surface area (Å²) in [6, 6.07) is -0.0769. The predicted octanol–water partition coefficient (Wildman–Crippen LogP) is 0.902. The second-order valence-electron chi connectivity index (χ2n) is 3.77. The maximum absolute atomic E-state index is 12.0. The Kier molecular flexibility index (Phi) is 2.96. The van der Waals surface area contributed by atoms with E-state index in [4.69, 9.17) is 17.0 Å². The van der Waals surface area contributed by atoms with Crippen molar-refractivity contribution in [2.24, 2.45) is 0 Å². The van der Waals surface area contributed by atoms with Gasteiger partial charge in [-0.15, -0.1) is 0 Å². The average molecular weight is 238 g/mol. The number of carbonyl (C=O) groups is 1. The number of carbonyl (C=O) groups excluding carboxylic acids is 1. The fourth-order valence-corrected chi connectivity index (χ4v) is 2.20. The van der Waals surface area contributed by atoms with Gasteiger partial charge >= 0.3 is 0 Å². The Morgan fingerprint density at radius 2 is 2.25 bits per heavy atom. The van der Waals surface area contributed by atoms with Crippen LogP contribution in [0.15, 0.2) is 24.4 Å². The lowest BCUT2D eigenvalue weighted by atomic mass is 10.1. The molecule has 2 unspecified atom stereocenters. The van der Waals surface area contributed by atoms with Gasteiger partial charge in [-0.25, -0.2) is 0 Å². The number of nitrogens with zero attached hydrogens (tertiary/aromatic N) is 2. The van der Waals surface area contributed by atoms with Gasteiger partial charge in [0.05, 0.1) is 6.04 Å². The molecular formula is C11H14N2O2S. The van der Waals surface area contributed by atoms with Gasteiger partial charge in [0.25, 0.3) is 11.1 Å². The Morgan fingerprint density at radius 1 is 1.50 bits per heavy atom. The lowest BCUT2D eigenvalue weighted by Crippen LogP contribution is -2.43. The standard InChI is InChI=1S/C11H14N2O2S/c1-3-13-10(14)9(15-11(13)16)8-6-4-5-7-12(8)2/h4-9H,3H2,1-2H3.